The first-order chi connectivity index (χ1) is 13.9. The number of azide groups is 1. The van der Waals surface area contributed by atoms with Gasteiger partial charge in [-0.05, 0) is 57.9 Å². The van der Waals surface area contributed by atoms with Gasteiger partial charge in [0.1, 0.15) is 11.4 Å². The Morgan fingerprint density at radius 2 is 2.03 bits per heavy atom. The van der Waals surface area contributed by atoms with Crippen LogP contribution in [0.15, 0.2) is 17.5 Å². The first kappa shape index (κ1) is 21.2. The van der Waals surface area contributed by atoms with Crippen molar-refractivity contribution >= 4 is 11.8 Å². The molecular formula is C20H31N7O2. The molecule has 3 rings (SSSR count). The van der Waals surface area contributed by atoms with Crippen LogP contribution in [0, 0.1) is 5.92 Å². The number of anilines is 1. The summed E-state index contributed by atoms with van der Waals surface area (Å²) in [5.41, 5.74) is 8.84. The normalized spacial score (nSPS) is 19.8. The Morgan fingerprint density at radius 1 is 1.31 bits per heavy atom. The summed E-state index contributed by atoms with van der Waals surface area (Å²) >= 11 is 0. The van der Waals surface area contributed by atoms with Gasteiger partial charge in [-0.3, -0.25) is 0 Å². The third kappa shape index (κ3) is 5.97. The molecule has 0 spiro atoms. The zero-order chi connectivity index (χ0) is 20.9. The van der Waals surface area contributed by atoms with Gasteiger partial charge in [-0.1, -0.05) is 11.5 Å². The Balaban J connectivity index is 1.69. The second-order valence-electron chi connectivity index (χ2n) is 8.92. The summed E-state index contributed by atoms with van der Waals surface area (Å²) in [5.74, 6) is 1.08. The number of amides is 1. The minimum atomic E-state index is -0.501. The van der Waals surface area contributed by atoms with E-state index in [1.165, 1.54) is 19.3 Å². The largest absolute Gasteiger partial charge is 0.444 e. The Morgan fingerprint density at radius 3 is 2.62 bits per heavy atom. The highest BCUT2D eigenvalue weighted by Gasteiger charge is 2.34. The molecule has 9 nitrogen and oxygen atoms in total. The first-order valence-electron chi connectivity index (χ1n) is 10.4. The van der Waals surface area contributed by atoms with Crippen LogP contribution >= 0.6 is 0 Å². The molecule has 0 bridgehead atoms. The average molecular weight is 402 g/mol. The zero-order valence-corrected chi connectivity index (χ0v) is 17.6. The second-order valence-corrected chi connectivity index (χ2v) is 8.92. The molecule has 9 heteroatoms. The molecule has 158 valence electrons. The van der Waals surface area contributed by atoms with Gasteiger partial charge in [0.25, 0.3) is 0 Å². The summed E-state index contributed by atoms with van der Waals surface area (Å²) in [5, 5.41) is 3.49. The lowest BCUT2D eigenvalue weighted by Gasteiger charge is -2.42. The van der Waals surface area contributed by atoms with E-state index in [0.717, 1.165) is 38.2 Å². The van der Waals surface area contributed by atoms with Crippen molar-refractivity contribution in [3.8, 4) is 0 Å². The van der Waals surface area contributed by atoms with Crippen molar-refractivity contribution in [2.75, 3.05) is 24.5 Å². The van der Waals surface area contributed by atoms with Crippen LogP contribution in [0.3, 0.4) is 0 Å². The SMILES string of the molecule is CC(C)(C)OC(=O)N(CC1CCC1)C1CCCN(c2cnc(CN=[N+]=[N-])nc2)C1. The molecule has 0 N–H and O–H groups in total. The van der Waals surface area contributed by atoms with Gasteiger partial charge in [-0.15, -0.1) is 0 Å². The van der Waals surface area contributed by atoms with E-state index >= 15 is 0 Å². The van der Waals surface area contributed by atoms with Gasteiger partial charge >= 0.3 is 6.09 Å². The number of aromatic nitrogens is 2. The van der Waals surface area contributed by atoms with Crippen LogP contribution in [0.5, 0.6) is 0 Å². The smallest absolute Gasteiger partial charge is 0.410 e. The number of nitrogens with zero attached hydrogens (tertiary/aromatic N) is 7. The number of carbonyl (C=O) groups excluding carboxylic acids is 1. The van der Waals surface area contributed by atoms with Crippen molar-refractivity contribution in [2.45, 2.75) is 71.1 Å². The number of carbonyl (C=O) groups is 1. The van der Waals surface area contributed by atoms with Crippen molar-refractivity contribution in [3.05, 3.63) is 28.7 Å². The summed E-state index contributed by atoms with van der Waals surface area (Å²) in [4.78, 5) is 28.4. The molecule has 1 amide bonds. The van der Waals surface area contributed by atoms with Crippen molar-refractivity contribution < 1.29 is 9.53 Å². The molecule has 2 heterocycles. The standard InChI is InChI=1S/C20H31N7O2/c1-20(2,3)29-19(28)27(13-15-6-4-7-15)16-8-5-9-26(14-16)17-10-22-18(23-11-17)12-24-25-21/h10-11,15-16H,4-9,12-14H2,1-3H3. The molecule has 1 unspecified atom stereocenters. The van der Waals surface area contributed by atoms with Gasteiger partial charge in [0.15, 0.2) is 0 Å². The van der Waals surface area contributed by atoms with E-state index in [-0.39, 0.29) is 18.7 Å². The lowest BCUT2D eigenvalue weighted by atomic mass is 9.84. The predicted molar refractivity (Wildman–Crippen MR) is 110 cm³/mol. The summed E-state index contributed by atoms with van der Waals surface area (Å²) in [6, 6.07) is 0.113. The summed E-state index contributed by atoms with van der Waals surface area (Å²) in [6.07, 6.45) is 8.92. The summed E-state index contributed by atoms with van der Waals surface area (Å²) < 4.78 is 5.72. The Labute approximate surface area is 172 Å². The van der Waals surface area contributed by atoms with Crippen LogP contribution in [0.1, 0.15) is 58.7 Å². The maximum absolute atomic E-state index is 12.9. The van der Waals surface area contributed by atoms with Gasteiger partial charge in [0.2, 0.25) is 0 Å². The minimum absolute atomic E-state index is 0.113. The highest BCUT2D eigenvalue weighted by molar-refractivity contribution is 5.69. The maximum atomic E-state index is 12.9. The Kier molecular flexibility index (Phi) is 6.79. The Bertz CT molecular complexity index is 736. The summed E-state index contributed by atoms with van der Waals surface area (Å²) in [6.45, 7) is 8.30. The third-order valence-electron chi connectivity index (χ3n) is 5.48. The number of piperidine rings is 1. The van der Waals surface area contributed by atoms with E-state index in [1.807, 2.05) is 25.7 Å². The average Bonchev–Trinajstić information content (AvgIpc) is 2.64. The summed E-state index contributed by atoms with van der Waals surface area (Å²) in [7, 11) is 0. The van der Waals surface area contributed by atoms with Crippen LogP contribution in [0.2, 0.25) is 0 Å². The van der Waals surface area contributed by atoms with Gasteiger partial charge < -0.3 is 14.5 Å². The molecular weight excluding hydrogens is 370 g/mol. The van der Waals surface area contributed by atoms with E-state index in [4.69, 9.17) is 10.3 Å². The fourth-order valence-corrected chi connectivity index (χ4v) is 3.78. The van der Waals surface area contributed by atoms with Crippen LogP contribution in [-0.4, -0.2) is 52.2 Å². The molecule has 2 fully saturated rings. The van der Waals surface area contributed by atoms with Crippen molar-refractivity contribution in [1.82, 2.24) is 14.9 Å². The molecule has 1 aromatic rings. The van der Waals surface area contributed by atoms with E-state index in [1.54, 1.807) is 12.4 Å². The molecule has 29 heavy (non-hydrogen) atoms. The lowest BCUT2D eigenvalue weighted by molar-refractivity contribution is 0.00736. The molecule has 0 radical (unpaired) electrons. The van der Waals surface area contributed by atoms with E-state index < -0.39 is 5.60 Å². The third-order valence-corrected chi connectivity index (χ3v) is 5.48. The molecule has 1 aromatic heterocycles. The molecule has 1 saturated carbocycles. The fraction of sp³-hybridized carbons (Fsp3) is 0.750. The van der Waals surface area contributed by atoms with Crippen LogP contribution in [0.25, 0.3) is 10.4 Å². The van der Waals surface area contributed by atoms with E-state index in [2.05, 4.69) is 24.9 Å². The highest BCUT2D eigenvalue weighted by atomic mass is 16.6. The Hall–Kier alpha value is -2.54. The number of ether oxygens (including phenoxy) is 1. The van der Waals surface area contributed by atoms with Gasteiger partial charge in [-0.2, -0.15) is 0 Å². The molecule has 1 saturated heterocycles. The van der Waals surface area contributed by atoms with Crippen LogP contribution in [0.4, 0.5) is 10.5 Å². The first-order valence-corrected chi connectivity index (χ1v) is 10.4. The topological polar surface area (TPSA) is 107 Å². The number of hydrogen-bond acceptors (Lipinski definition) is 6. The molecule has 0 aromatic carbocycles. The fourth-order valence-electron chi connectivity index (χ4n) is 3.78. The van der Waals surface area contributed by atoms with Crippen LogP contribution < -0.4 is 4.90 Å². The predicted octanol–water partition coefficient (Wildman–Crippen LogP) is 4.29. The second kappa shape index (κ2) is 9.31. The molecule has 1 aliphatic heterocycles. The van der Waals surface area contributed by atoms with E-state index in [9.17, 15) is 4.79 Å². The van der Waals surface area contributed by atoms with Crippen molar-refractivity contribution in [3.63, 3.8) is 0 Å². The van der Waals surface area contributed by atoms with E-state index in [0.29, 0.717) is 11.7 Å². The number of hydrogen-bond donors (Lipinski definition) is 0. The maximum Gasteiger partial charge on any atom is 0.410 e. The molecule has 1 atom stereocenters. The van der Waals surface area contributed by atoms with Gasteiger partial charge in [0, 0.05) is 24.5 Å². The monoisotopic (exact) mass is 401 g/mol. The highest BCUT2D eigenvalue weighted by Crippen LogP contribution is 2.30. The molecule has 1 aliphatic carbocycles. The van der Waals surface area contributed by atoms with Crippen LogP contribution in [-0.2, 0) is 11.3 Å². The van der Waals surface area contributed by atoms with Crippen molar-refractivity contribution in [1.29, 1.82) is 0 Å². The minimum Gasteiger partial charge on any atom is -0.444 e. The lowest BCUT2D eigenvalue weighted by Crippen LogP contribution is -2.53. The van der Waals surface area contributed by atoms with Crippen molar-refractivity contribution in [2.24, 2.45) is 11.0 Å². The zero-order valence-electron chi connectivity index (χ0n) is 17.6. The number of rotatable bonds is 6. The van der Waals surface area contributed by atoms with Gasteiger partial charge in [0.05, 0.1) is 30.7 Å². The quantitative estimate of drug-likeness (QED) is 0.401. The molecule has 2 aliphatic rings. The van der Waals surface area contributed by atoms with Gasteiger partial charge in [-0.25, -0.2) is 14.8 Å².